The van der Waals surface area contributed by atoms with E-state index in [9.17, 15) is 4.79 Å². The summed E-state index contributed by atoms with van der Waals surface area (Å²) in [4.78, 5) is 11.6. The van der Waals surface area contributed by atoms with Crippen LogP contribution in [0.1, 0.15) is 26.7 Å². The van der Waals surface area contributed by atoms with E-state index in [-0.39, 0.29) is 5.91 Å². The Morgan fingerprint density at radius 2 is 2.24 bits per heavy atom. The third-order valence-electron chi connectivity index (χ3n) is 2.35. The topological polar surface area (TPSA) is 64.3 Å². The lowest BCUT2D eigenvalue weighted by Gasteiger charge is -2.11. The lowest BCUT2D eigenvalue weighted by atomic mass is 10.2. The Bertz CT molecular complexity index is 366. The van der Waals surface area contributed by atoms with Crippen molar-refractivity contribution in [2.24, 2.45) is 5.73 Å². The molecule has 1 amide bonds. The average Bonchev–Trinajstić information content (AvgIpc) is 2.35. The highest BCUT2D eigenvalue weighted by Gasteiger charge is 2.10. The van der Waals surface area contributed by atoms with Crippen LogP contribution < -0.4 is 15.8 Å². The second-order valence-electron chi connectivity index (χ2n) is 3.88. The molecule has 0 aromatic heterocycles. The molecule has 1 aromatic rings. The number of amides is 1. The molecule has 0 saturated carbocycles. The first-order chi connectivity index (χ1) is 8.17. The van der Waals surface area contributed by atoms with Crippen molar-refractivity contribution in [1.29, 1.82) is 0 Å². The minimum atomic E-state index is -0.463. The molecule has 1 rings (SSSR count). The molecular weight excluding hydrogens is 216 g/mol. The maximum absolute atomic E-state index is 11.6. The molecule has 0 saturated heterocycles. The van der Waals surface area contributed by atoms with Crippen LogP contribution in [0.2, 0.25) is 0 Å². The quantitative estimate of drug-likeness (QED) is 0.795. The summed E-state index contributed by atoms with van der Waals surface area (Å²) in [6.45, 7) is 4.60. The van der Waals surface area contributed by atoms with E-state index in [0.717, 1.165) is 12.2 Å². The SMILES string of the molecule is CCCOc1cccc(NC(=O)C(N)CC)c1. The lowest BCUT2D eigenvalue weighted by molar-refractivity contribution is -0.117. The molecule has 17 heavy (non-hydrogen) atoms. The van der Waals surface area contributed by atoms with Gasteiger partial charge in [-0.2, -0.15) is 0 Å². The standard InChI is InChI=1S/C13H20N2O2/c1-3-8-17-11-7-5-6-10(9-11)15-13(16)12(14)4-2/h5-7,9,12H,3-4,8,14H2,1-2H3,(H,15,16). The largest absolute Gasteiger partial charge is 0.494 e. The van der Waals surface area contributed by atoms with Crippen LogP contribution >= 0.6 is 0 Å². The number of rotatable bonds is 6. The predicted molar refractivity (Wildman–Crippen MR) is 69.1 cm³/mol. The number of nitrogens with one attached hydrogen (secondary N) is 1. The molecule has 0 radical (unpaired) electrons. The van der Waals surface area contributed by atoms with Crippen molar-refractivity contribution in [2.75, 3.05) is 11.9 Å². The van der Waals surface area contributed by atoms with Gasteiger partial charge < -0.3 is 15.8 Å². The molecule has 0 aliphatic carbocycles. The van der Waals surface area contributed by atoms with Gasteiger partial charge in [0.15, 0.2) is 0 Å². The zero-order valence-electron chi connectivity index (χ0n) is 10.4. The van der Waals surface area contributed by atoms with Crippen LogP contribution in [0.5, 0.6) is 5.75 Å². The fourth-order valence-corrected chi connectivity index (χ4v) is 1.30. The number of carbonyl (C=O) groups excluding carboxylic acids is 1. The van der Waals surface area contributed by atoms with Crippen molar-refractivity contribution in [2.45, 2.75) is 32.7 Å². The van der Waals surface area contributed by atoms with Crippen LogP contribution in [-0.4, -0.2) is 18.6 Å². The highest BCUT2D eigenvalue weighted by Crippen LogP contribution is 2.17. The Morgan fingerprint density at radius 1 is 1.47 bits per heavy atom. The van der Waals surface area contributed by atoms with E-state index in [0.29, 0.717) is 18.7 Å². The third-order valence-corrected chi connectivity index (χ3v) is 2.35. The Morgan fingerprint density at radius 3 is 2.88 bits per heavy atom. The van der Waals surface area contributed by atoms with Gasteiger partial charge in [0.2, 0.25) is 5.91 Å². The number of carbonyl (C=O) groups is 1. The molecule has 3 N–H and O–H groups in total. The second-order valence-corrected chi connectivity index (χ2v) is 3.88. The van der Waals surface area contributed by atoms with Gasteiger partial charge in [-0.1, -0.05) is 19.9 Å². The van der Waals surface area contributed by atoms with Crippen molar-refractivity contribution in [3.8, 4) is 5.75 Å². The third kappa shape index (κ3) is 4.44. The molecule has 0 fully saturated rings. The van der Waals surface area contributed by atoms with Gasteiger partial charge in [-0.3, -0.25) is 4.79 Å². The van der Waals surface area contributed by atoms with Gasteiger partial charge in [0.1, 0.15) is 5.75 Å². The Hall–Kier alpha value is -1.55. The van der Waals surface area contributed by atoms with E-state index in [4.69, 9.17) is 10.5 Å². The van der Waals surface area contributed by atoms with Crippen molar-refractivity contribution in [1.82, 2.24) is 0 Å². The van der Waals surface area contributed by atoms with Crippen LogP contribution in [-0.2, 0) is 4.79 Å². The average molecular weight is 236 g/mol. The number of hydrogen-bond donors (Lipinski definition) is 2. The van der Waals surface area contributed by atoms with E-state index in [2.05, 4.69) is 5.32 Å². The number of anilines is 1. The molecule has 1 aromatic carbocycles. The second kappa shape index (κ2) is 6.91. The maximum atomic E-state index is 11.6. The molecule has 1 unspecified atom stereocenters. The van der Waals surface area contributed by atoms with Gasteiger partial charge in [-0.25, -0.2) is 0 Å². The van der Waals surface area contributed by atoms with Gasteiger partial charge in [-0.15, -0.1) is 0 Å². The van der Waals surface area contributed by atoms with Crippen LogP contribution in [0.15, 0.2) is 24.3 Å². The minimum absolute atomic E-state index is 0.167. The Kier molecular flexibility index (Phi) is 5.49. The molecule has 0 aliphatic rings. The fourth-order valence-electron chi connectivity index (χ4n) is 1.30. The molecule has 0 heterocycles. The highest BCUT2D eigenvalue weighted by molar-refractivity contribution is 5.94. The molecule has 0 aliphatic heterocycles. The fraction of sp³-hybridized carbons (Fsp3) is 0.462. The molecule has 0 bridgehead atoms. The van der Waals surface area contributed by atoms with Crippen LogP contribution in [0.4, 0.5) is 5.69 Å². The zero-order valence-corrected chi connectivity index (χ0v) is 10.4. The summed E-state index contributed by atoms with van der Waals surface area (Å²) in [5.74, 6) is 0.592. The Labute approximate surface area is 102 Å². The van der Waals surface area contributed by atoms with E-state index >= 15 is 0 Å². The summed E-state index contributed by atoms with van der Waals surface area (Å²) >= 11 is 0. The summed E-state index contributed by atoms with van der Waals surface area (Å²) in [7, 11) is 0. The van der Waals surface area contributed by atoms with Crippen molar-refractivity contribution < 1.29 is 9.53 Å². The first-order valence-corrected chi connectivity index (χ1v) is 5.96. The smallest absolute Gasteiger partial charge is 0.241 e. The Balaban J connectivity index is 2.62. The maximum Gasteiger partial charge on any atom is 0.241 e. The number of hydrogen-bond acceptors (Lipinski definition) is 3. The van der Waals surface area contributed by atoms with Gasteiger partial charge in [0.05, 0.1) is 12.6 Å². The minimum Gasteiger partial charge on any atom is -0.494 e. The van der Waals surface area contributed by atoms with Crippen molar-refractivity contribution >= 4 is 11.6 Å². The molecule has 94 valence electrons. The number of benzene rings is 1. The predicted octanol–water partition coefficient (Wildman–Crippen LogP) is 2.15. The van der Waals surface area contributed by atoms with Crippen LogP contribution in [0, 0.1) is 0 Å². The summed E-state index contributed by atoms with van der Waals surface area (Å²) in [5.41, 5.74) is 6.35. The first-order valence-electron chi connectivity index (χ1n) is 5.96. The molecule has 0 spiro atoms. The summed E-state index contributed by atoms with van der Waals surface area (Å²) in [6, 6.07) is 6.87. The van der Waals surface area contributed by atoms with Gasteiger partial charge in [-0.05, 0) is 25.0 Å². The summed E-state index contributed by atoms with van der Waals surface area (Å²) in [6.07, 6.45) is 1.58. The highest BCUT2D eigenvalue weighted by atomic mass is 16.5. The van der Waals surface area contributed by atoms with E-state index in [1.165, 1.54) is 0 Å². The van der Waals surface area contributed by atoms with Crippen molar-refractivity contribution in [3.05, 3.63) is 24.3 Å². The zero-order chi connectivity index (χ0) is 12.7. The van der Waals surface area contributed by atoms with E-state index < -0.39 is 6.04 Å². The van der Waals surface area contributed by atoms with Crippen molar-refractivity contribution in [3.63, 3.8) is 0 Å². The van der Waals surface area contributed by atoms with Crippen LogP contribution in [0.3, 0.4) is 0 Å². The number of nitrogens with two attached hydrogens (primary N) is 1. The van der Waals surface area contributed by atoms with E-state index in [1.54, 1.807) is 6.07 Å². The normalized spacial score (nSPS) is 11.9. The van der Waals surface area contributed by atoms with E-state index in [1.807, 2.05) is 32.0 Å². The molecule has 4 heteroatoms. The first kappa shape index (κ1) is 13.5. The molecule has 4 nitrogen and oxygen atoms in total. The van der Waals surface area contributed by atoms with Crippen LogP contribution in [0.25, 0.3) is 0 Å². The monoisotopic (exact) mass is 236 g/mol. The van der Waals surface area contributed by atoms with Gasteiger partial charge in [0.25, 0.3) is 0 Å². The molecular formula is C13H20N2O2. The molecule has 1 atom stereocenters. The summed E-state index contributed by atoms with van der Waals surface area (Å²) in [5, 5.41) is 2.77. The number of ether oxygens (including phenoxy) is 1. The van der Waals surface area contributed by atoms with Gasteiger partial charge >= 0.3 is 0 Å². The van der Waals surface area contributed by atoms with Gasteiger partial charge in [0, 0.05) is 11.8 Å². The summed E-state index contributed by atoms with van der Waals surface area (Å²) < 4.78 is 5.48. The lowest BCUT2D eigenvalue weighted by Crippen LogP contribution is -2.34.